The van der Waals surface area contributed by atoms with Gasteiger partial charge in [0.25, 0.3) is 0 Å². The highest BCUT2D eigenvalue weighted by molar-refractivity contribution is 7.97. The number of carbonyl (C=O) groups is 1. The minimum atomic E-state index is -0.948. The Hall–Kier alpha value is -0.380. The summed E-state index contributed by atoms with van der Waals surface area (Å²) in [7, 11) is 0. The Morgan fingerprint density at radius 3 is 2.46 bits per heavy atom. The molecule has 0 aromatic carbocycles. The molecule has 0 saturated carbocycles. The predicted octanol–water partition coefficient (Wildman–Crippen LogP) is 3.26. The summed E-state index contributed by atoms with van der Waals surface area (Å²) in [5, 5.41) is 8.25. The van der Waals surface area contributed by atoms with Gasteiger partial charge in [-0.25, -0.2) is 4.79 Å². The molecule has 0 aliphatic heterocycles. The average molecular weight is 205 g/mol. The van der Waals surface area contributed by atoms with E-state index in [1.165, 1.54) is 44.1 Å². The third kappa shape index (κ3) is 11.6. The molecular weight excluding hydrogens is 186 g/mol. The molecule has 4 heteroatoms. The summed E-state index contributed by atoms with van der Waals surface area (Å²) in [5.41, 5.74) is 0. The van der Waals surface area contributed by atoms with Gasteiger partial charge >= 0.3 is 6.09 Å². The summed E-state index contributed by atoms with van der Waals surface area (Å²) in [4.78, 5) is 10.0. The van der Waals surface area contributed by atoms with Gasteiger partial charge in [-0.15, -0.1) is 0 Å². The molecule has 1 amide bonds. The van der Waals surface area contributed by atoms with Crippen LogP contribution in [0.3, 0.4) is 0 Å². The summed E-state index contributed by atoms with van der Waals surface area (Å²) >= 11 is 1.28. The molecule has 3 nitrogen and oxygen atoms in total. The van der Waals surface area contributed by atoms with Crippen LogP contribution < -0.4 is 4.72 Å². The topological polar surface area (TPSA) is 49.3 Å². The zero-order chi connectivity index (χ0) is 9.94. The number of carboxylic acid groups (broad SMARTS) is 1. The number of hydrogen-bond acceptors (Lipinski definition) is 2. The summed E-state index contributed by atoms with van der Waals surface area (Å²) in [6, 6.07) is 0. The van der Waals surface area contributed by atoms with Crippen LogP contribution in [0.15, 0.2) is 0 Å². The van der Waals surface area contributed by atoms with E-state index in [1.807, 2.05) is 0 Å². The van der Waals surface area contributed by atoms with E-state index < -0.39 is 6.09 Å². The smallest absolute Gasteiger partial charge is 0.414 e. The molecule has 0 rings (SSSR count). The molecule has 0 aromatic heterocycles. The number of amides is 1. The molecule has 0 aliphatic rings. The van der Waals surface area contributed by atoms with Crippen molar-refractivity contribution in [1.82, 2.24) is 4.72 Å². The van der Waals surface area contributed by atoms with E-state index in [1.54, 1.807) is 0 Å². The Labute approximate surface area is 84.4 Å². The molecule has 2 N–H and O–H groups in total. The van der Waals surface area contributed by atoms with Crippen LogP contribution in [0.5, 0.6) is 0 Å². The third-order valence-electron chi connectivity index (χ3n) is 1.76. The minimum Gasteiger partial charge on any atom is -0.464 e. The highest BCUT2D eigenvalue weighted by Gasteiger charge is 1.94. The van der Waals surface area contributed by atoms with Crippen molar-refractivity contribution in [2.45, 2.75) is 45.4 Å². The monoisotopic (exact) mass is 205 g/mol. The summed E-state index contributed by atoms with van der Waals surface area (Å²) in [6.07, 6.45) is 6.56. The molecule has 0 saturated heterocycles. The average Bonchev–Trinajstić information content (AvgIpc) is 2.09. The first-order valence-corrected chi connectivity index (χ1v) is 5.86. The molecule has 78 valence electrons. The Morgan fingerprint density at radius 1 is 1.23 bits per heavy atom. The van der Waals surface area contributed by atoms with E-state index in [0.29, 0.717) is 0 Å². The van der Waals surface area contributed by atoms with Crippen LogP contribution in [0.1, 0.15) is 45.4 Å². The maximum atomic E-state index is 10.0. The molecule has 0 atom stereocenters. The summed E-state index contributed by atoms with van der Waals surface area (Å²) < 4.78 is 2.28. The SMILES string of the molecule is CCCCCCCCSNC(=O)O. The fraction of sp³-hybridized carbons (Fsp3) is 0.889. The first kappa shape index (κ1) is 12.6. The van der Waals surface area contributed by atoms with Crippen molar-refractivity contribution in [3.8, 4) is 0 Å². The lowest BCUT2D eigenvalue weighted by Crippen LogP contribution is -2.12. The van der Waals surface area contributed by atoms with E-state index in [0.717, 1.165) is 12.2 Å². The Morgan fingerprint density at radius 2 is 1.85 bits per heavy atom. The maximum Gasteiger partial charge on any atom is 0.414 e. The molecule has 0 heterocycles. The van der Waals surface area contributed by atoms with E-state index >= 15 is 0 Å². The zero-order valence-corrected chi connectivity index (χ0v) is 9.03. The van der Waals surface area contributed by atoms with Crippen molar-refractivity contribution in [2.75, 3.05) is 5.75 Å². The van der Waals surface area contributed by atoms with Crippen LogP contribution in [0.2, 0.25) is 0 Å². The second kappa shape index (κ2) is 9.71. The molecule has 0 unspecified atom stereocenters. The lowest BCUT2D eigenvalue weighted by Gasteiger charge is -2.00. The second-order valence-corrected chi connectivity index (χ2v) is 3.92. The fourth-order valence-corrected chi connectivity index (χ4v) is 1.64. The van der Waals surface area contributed by atoms with E-state index in [2.05, 4.69) is 11.6 Å². The van der Waals surface area contributed by atoms with Crippen LogP contribution in [0.25, 0.3) is 0 Å². The molecule has 0 aromatic rings. The normalized spacial score (nSPS) is 9.92. The molecule has 0 spiro atoms. The van der Waals surface area contributed by atoms with Crippen molar-refractivity contribution in [1.29, 1.82) is 0 Å². The van der Waals surface area contributed by atoms with Crippen molar-refractivity contribution in [3.63, 3.8) is 0 Å². The van der Waals surface area contributed by atoms with Gasteiger partial charge in [-0.2, -0.15) is 0 Å². The van der Waals surface area contributed by atoms with Gasteiger partial charge in [0, 0.05) is 5.75 Å². The number of rotatable bonds is 8. The largest absolute Gasteiger partial charge is 0.464 e. The summed E-state index contributed by atoms with van der Waals surface area (Å²) in [6.45, 7) is 2.20. The van der Waals surface area contributed by atoms with E-state index in [9.17, 15) is 4.79 Å². The van der Waals surface area contributed by atoms with Crippen LogP contribution in [-0.4, -0.2) is 17.0 Å². The summed E-state index contributed by atoms with van der Waals surface area (Å²) in [5.74, 6) is 0.887. The van der Waals surface area contributed by atoms with Gasteiger partial charge in [0.05, 0.1) is 0 Å². The number of nitrogens with one attached hydrogen (secondary N) is 1. The number of unbranched alkanes of at least 4 members (excludes halogenated alkanes) is 5. The highest BCUT2D eigenvalue weighted by atomic mass is 32.2. The molecule has 0 fully saturated rings. The third-order valence-corrected chi connectivity index (χ3v) is 2.57. The Balaban J connectivity index is 2.87. The van der Waals surface area contributed by atoms with Gasteiger partial charge in [0.1, 0.15) is 0 Å². The van der Waals surface area contributed by atoms with Crippen molar-refractivity contribution >= 4 is 18.0 Å². The van der Waals surface area contributed by atoms with Gasteiger partial charge in [0.15, 0.2) is 0 Å². The Kier molecular flexibility index (Phi) is 9.42. The second-order valence-electron chi connectivity index (χ2n) is 3.02. The number of hydrogen-bond donors (Lipinski definition) is 2. The molecule has 0 radical (unpaired) electrons. The standard InChI is InChI=1S/C9H19NO2S/c1-2-3-4-5-6-7-8-13-10-9(11)12/h10H,2-8H2,1H3,(H,11,12). The van der Waals surface area contributed by atoms with E-state index in [4.69, 9.17) is 5.11 Å². The first-order chi connectivity index (χ1) is 6.27. The molecule has 13 heavy (non-hydrogen) atoms. The van der Waals surface area contributed by atoms with Crippen LogP contribution >= 0.6 is 11.9 Å². The van der Waals surface area contributed by atoms with Gasteiger partial charge in [-0.1, -0.05) is 39.0 Å². The van der Waals surface area contributed by atoms with Crippen molar-refractivity contribution < 1.29 is 9.90 Å². The van der Waals surface area contributed by atoms with Gasteiger partial charge < -0.3 is 5.11 Å². The van der Waals surface area contributed by atoms with Gasteiger partial charge in [-0.3, -0.25) is 4.72 Å². The maximum absolute atomic E-state index is 10.0. The Bertz CT molecular complexity index is 131. The van der Waals surface area contributed by atoms with Crippen LogP contribution in [0, 0.1) is 0 Å². The fourth-order valence-electron chi connectivity index (χ4n) is 1.07. The van der Waals surface area contributed by atoms with Crippen LogP contribution in [0.4, 0.5) is 4.79 Å². The zero-order valence-electron chi connectivity index (χ0n) is 8.21. The van der Waals surface area contributed by atoms with Crippen LogP contribution in [-0.2, 0) is 0 Å². The molecular formula is C9H19NO2S. The van der Waals surface area contributed by atoms with Crippen molar-refractivity contribution in [3.05, 3.63) is 0 Å². The lowest BCUT2D eigenvalue weighted by molar-refractivity contribution is 0.202. The molecule has 0 aliphatic carbocycles. The van der Waals surface area contributed by atoms with E-state index in [-0.39, 0.29) is 0 Å². The molecule has 0 bridgehead atoms. The first-order valence-electron chi connectivity index (χ1n) is 4.88. The minimum absolute atomic E-state index is 0.887. The van der Waals surface area contributed by atoms with Gasteiger partial charge in [0.2, 0.25) is 0 Å². The van der Waals surface area contributed by atoms with Gasteiger partial charge in [-0.05, 0) is 18.4 Å². The van der Waals surface area contributed by atoms with Crippen molar-refractivity contribution in [2.24, 2.45) is 0 Å². The quantitative estimate of drug-likeness (QED) is 0.472. The highest BCUT2D eigenvalue weighted by Crippen LogP contribution is 2.07. The lowest BCUT2D eigenvalue weighted by atomic mass is 10.1. The predicted molar refractivity (Wildman–Crippen MR) is 57.0 cm³/mol.